The lowest BCUT2D eigenvalue weighted by atomic mass is 10.2. The van der Waals surface area contributed by atoms with Gasteiger partial charge in [-0.05, 0) is 17.7 Å². The number of carbonyl (C=O) groups is 1. The number of ether oxygens (including phenoxy) is 1. The first-order chi connectivity index (χ1) is 7.33. The van der Waals surface area contributed by atoms with Crippen LogP contribution in [0.25, 0.3) is 6.08 Å². The van der Waals surface area contributed by atoms with Crippen LogP contribution >= 0.6 is 0 Å². The lowest BCUT2D eigenvalue weighted by Crippen LogP contribution is -2.24. The highest BCUT2D eigenvalue weighted by Gasteiger charge is 1.93. The number of rotatable bonds is 5. The van der Waals surface area contributed by atoms with Crippen LogP contribution in [0.1, 0.15) is 5.56 Å². The van der Waals surface area contributed by atoms with Crippen LogP contribution in [0.15, 0.2) is 30.6 Å². The van der Waals surface area contributed by atoms with E-state index in [1.165, 1.54) is 6.08 Å². The van der Waals surface area contributed by atoms with Gasteiger partial charge in [0.2, 0.25) is 5.91 Å². The van der Waals surface area contributed by atoms with E-state index >= 15 is 0 Å². The van der Waals surface area contributed by atoms with Crippen molar-refractivity contribution < 1.29 is 9.53 Å². The van der Waals surface area contributed by atoms with Crippen LogP contribution < -0.4 is 5.32 Å². The van der Waals surface area contributed by atoms with E-state index in [2.05, 4.69) is 10.3 Å². The second-order valence-electron chi connectivity index (χ2n) is 2.90. The average molecular weight is 206 g/mol. The van der Waals surface area contributed by atoms with Gasteiger partial charge < -0.3 is 10.1 Å². The van der Waals surface area contributed by atoms with E-state index in [1.54, 1.807) is 25.6 Å². The quantitative estimate of drug-likeness (QED) is 0.574. The summed E-state index contributed by atoms with van der Waals surface area (Å²) in [6.45, 7) is 1.04. The molecular weight excluding hydrogens is 192 g/mol. The van der Waals surface area contributed by atoms with E-state index in [4.69, 9.17) is 4.74 Å². The van der Waals surface area contributed by atoms with Gasteiger partial charge in [-0.3, -0.25) is 9.78 Å². The zero-order chi connectivity index (χ0) is 10.9. The Hall–Kier alpha value is -1.68. The zero-order valence-electron chi connectivity index (χ0n) is 8.64. The average Bonchev–Trinajstić information content (AvgIpc) is 2.28. The Balaban J connectivity index is 2.34. The van der Waals surface area contributed by atoms with Crippen LogP contribution in [0.4, 0.5) is 0 Å². The SMILES string of the molecule is COCCNC(=O)C=Cc1cccnc1. The van der Waals surface area contributed by atoms with E-state index in [0.29, 0.717) is 13.2 Å². The smallest absolute Gasteiger partial charge is 0.244 e. The molecule has 0 aromatic carbocycles. The molecule has 0 aliphatic rings. The van der Waals surface area contributed by atoms with Gasteiger partial charge >= 0.3 is 0 Å². The maximum absolute atomic E-state index is 11.2. The second-order valence-corrected chi connectivity index (χ2v) is 2.90. The number of hydrogen-bond donors (Lipinski definition) is 1. The van der Waals surface area contributed by atoms with E-state index in [9.17, 15) is 4.79 Å². The van der Waals surface area contributed by atoms with Crippen LogP contribution in [0.5, 0.6) is 0 Å². The lowest BCUT2D eigenvalue weighted by Gasteiger charge is -1.99. The van der Waals surface area contributed by atoms with Crippen LogP contribution in [0.2, 0.25) is 0 Å². The van der Waals surface area contributed by atoms with Crippen molar-refractivity contribution in [3.05, 3.63) is 36.2 Å². The Morgan fingerprint density at radius 1 is 1.67 bits per heavy atom. The monoisotopic (exact) mass is 206 g/mol. The molecule has 0 aliphatic carbocycles. The number of methoxy groups -OCH3 is 1. The molecule has 0 saturated heterocycles. The molecule has 1 N–H and O–H groups in total. The summed E-state index contributed by atoms with van der Waals surface area (Å²) in [6.07, 6.45) is 6.58. The molecule has 80 valence electrons. The highest BCUT2D eigenvalue weighted by molar-refractivity contribution is 5.91. The molecule has 0 atom stereocenters. The van der Waals surface area contributed by atoms with E-state index < -0.39 is 0 Å². The molecule has 1 aromatic heterocycles. The molecule has 1 amide bonds. The Kier molecular flexibility index (Phi) is 5.11. The molecule has 0 spiro atoms. The molecule has 1 heterocycles. The third-order valence-electron chi connectivity index (χ3n) is 1.72. The fraction of sp³-hybridized carbons (Fsp3) is 0.273. The maximum Gasteiger partial charge on any atom is 0.244 e. The summed E-state index contributed by atoms with van der Waals surface area (Å²) < 4.78 is 4.81. The Morgan fingerprint density at radius 3 is 3.20 bits per heavy atom. The van der Waals surface area contributed by atoms with Crippen molar-refractivity contribution in [2.24, 2.45) is 0 Å². The number of aromatic nitrogens is 1. The first kappa shape index (κ1) is 11.4. The largest absolute Gasteiger partial charge is 0.383 e. The van der Waals surface area contributed by atoms with Crippen molar-refractivity contribution in [3.63, 3.8) is 0 Å². The number of nitrogens with zero attached hydrogens (tertiary/aromatic N) is 1. The van der Waals surface area contributed by atoms with Crippen LogP contribution in [0.3, 0.4) is 0 Å². The lowest BCUT2D eigenvalue weighted by molar-refractivity contribution is -0.116. The molecule has 0 saturated carbocycles. The van der Waals surface area contributed by atoms with Crippen LogP contribution in [-0.2, 0) is 9.53 Å². The summed E-state index contributed by atoms with van der Waals surface area (Å²) >= 11 is 0. The van der Waals surface area contributed by atoms with Crippen LogP contribution in [-0.4, -0.2) is 31.2 Å². The molecule has 0 fully saturated rings. The van der Waals surface area contributed by atoms with Gasteiger partial charge in [-0.1, -0.05) is 6.07 Å². The predicted octanol–water partition coefficient (Wildman–Crippen LogP) is 0.857. The highest BCUT2D eigenvalue weighted by Crippen LogP contribution is 1.97. The van der Waals surface area contributed by atoms with E-state index in [1.807, 2.05) is 12.1 Å². The minimum Gasteiger partial charge on any atom is -0.383 e. The van der Waals surface area contributed by atoms with Gasteiger partial charge in [0.25, 0.3) is 0 Å². The van der Waals surface area contributed by atoms with Gasteiger partial charge in [0, 0.05) is 32.1 Å². The summed E-state index contributed by atoms with van der Waals surface area (Å²) in [5.74, 6) is -0.129. The number of hydrogen-bond acceptors (Lipinski definition) is 3. The minimum atomic E-state index is -0.129. The maximum atomic E-state index is 11.2. The molecule has 1 aromatic rings. The molecule has 0 radical (unpaired) electrons. The standard InChI is InChI=1S/C11H14N2O2/c1-15-8-7-13-11(14)5-4-10-3-2-6-12-9-10/h2-6,9H,7-8H2,1H3,(H,13,14). The zero-order valence-corrected chi connectivity index (χ0v) is 8.64. The molecule has 15 heavy (non-hydrogen) atoms. The van der Waals surface area contributed by atoms with Gasteiger partial charge in [-0.25, -0.2) is 0 Å². The number of pyridine rings is 1. The summed E-state index contributed by atoms with van der Waals surface area (Å²) in [5, 5.41) is 2.68. The van der Waals surface area contributed by atoms with Gasteiger partial charge in [0.05, 0.1) is 6.61 Å². The first-order valence-electron chi connectivity index (χ1n) is 4.68. The third kappa shape index (κ3) is 4.93. The highest BCUT2D eigenvalue weighted by atomic mass is 16.5. The van der Waals surface area contributed by atoms with Crippen molar-refractivity contribution in [1.29, 1.82) is 0 Å². The van der Waals surface area contributed by atoms with E-state index in [0.717, 1.165) is 5.56 Å². The fourth-order valence-corrected chi connectivity index (χ4v) is 0.982. The molecule has 4 heteroatoms. The Labute approximate surface area is 89.0 Å². The Bertz CT molecular complexity index is 323. The van der Waals surface area contributed by atoms with Gasteiger partial charge in [-0.15, -0.1) is 0 Å². The number of nitrogens with one attached hydrogen (secondary N) is 1. The van der Waals surface area contributed by atoms with Crippen LogP contribution in [0, 0.1) is 0 Å². The molecule has 1 rings (SSSR count). The molecular formula is C11H14N2O2. The number of carbonyl (C=O) groups excluding carboxylic acids is 1. The summed E-state index contributed by atoms with van der Waals surface area (Å²) in [4.78, 5) is 15.2. The predicted molar refractivity (Wildman–Crippen MR) is 58.2 cm³/mol. The van der Waals surface area contributed by atoms with E-state index in [-0.39, 0.29) is 5.91 Å². The fourth-order valence-electron chi connectivity index (χ4n) is 0.982. The van der Waals surface area contributed by atoms with Crippen molar-refractivity contribution in [3.8, 4) is 0 Å². The molecule has 0 unspecified atom stereocenters. The van der Waals surface area contributed by atoms with Gasteiger partial charge in [0.15, 0.2) is 0 Å². The van der Waals surface area contributed by atoms with Crippen molar-refractivity contribution in [2.45, 2.75) is 0 Å². The topological polar surface area (TPSA) is 51.2 Å². The third-order valence-corrected chi connectivity index (χ3v) is 1.72. The normalized spacial score (nSPS) is 10.5. The van der Waals surface area contributed by atoms with Gasteiger partial charge in [0.1, 0.15) is 0 Å². The second kappa shape index (κ2) is 6.73. The number of amides is 1. The molecule has 4 nitrogen and oxygen atoms in total. The van der Waals surface area contributed by atoms with Gasteiger partial charge in [-0.2, -0.15) is 0 Å². The summed E-state index contributed by atoms with van der Waals surface area (Å²) in [7, 11) is 1.59. The molecule has 0 aliphatic heterocycles. The minimum absolute atomic E-state index is 0.129. The summed E-state index contributed by atoms with van der Waals surface area (Å²) in [5.41, 5.74) is 0.902. The van der Waals surface area contributed by atoms with Crippen molar-refractivity contribution in [1.82, 2.24) is 10.3 Å². The summed E-state index contributed by atoms with van der Waals surface area (Å²) in [6, 6.07) is 3.70. The molecule has 0 bridgehead atoms. The van der Waals surface area contributed by atoms with Crippen molar-refractivity contribution in [2.75, 3.05) is 20.3 Å². The van der Waals surface area contributed by atoms with Crippen molar-refractivity contribution >= 4 is 12.0 Å². The Morgan fingerprint density at radius 2 is 2.53 bits per heavy atom. The first-order valence-corrected chi connectivity index (χ1v) is 4.68.